The molecule has 62 heavy (non-hydrogen) atoms. The predicted octanol–water partition coefficient (Wildman–Crippen LogP) is 2.05. The maximum Gasteiger partial charge on any atom is 0.251 e. The third-order valence-electron chi connectivity index (χ3n) is 7.71. The molecule has 0 aliphatic heterocycles. The number of benzene rings is 2. The molecule has 0 spiro atoms. The molecule has 2 amide bonds. The van der Waals surface area contributed by atoms with Gasteiger partial charge in [-0.3, -0.25) is 9.59 Å². The number of terminal acetylenes is 2. The van der Waals surface area contributed by atoms with Crippen molar-refractivity contribution in [1.29, 1.82) is 0 Å². The fraction of sp³-hybridized carbons (Fsp3) is 0.591. The SMILES string of the molecule is C#CCOc1cc(OCCOCCOCCOCCOCCOC)cc(C(=O)NCCNC(=O)c2cc(OCC#C)cc(OCCOCCOCCOCCOCCOC)c2)c1. The standard InChI is InChI=1S/C44H64N2O16/c1-5-9-59-39-31-37(33-41(35-39)61-29-27-57-25-23-55-21-19-53-17-15-51-13-11-49-3)43(47)45-7-8-46-44(48)38-32-40(60-10-6-2)36-42(34-38)62-30-28-58-26-24-56-22-20-54-18-16-52-14-12-50-4/h1-2,31-36H,7-30H2,3-4H3,(H,45,47)(H,46,48). The van der Waals surface area contributed by atoms with E-state index in [0.29, 0.717) is 129 Å². The normalized spacial score (nSPS) is 10.8. The van der Waals surface area contributed by atoms with Gasteiger partial charge >= 0.3 is 0 Å². The molecule has 0 radical (unpaired) electrons. The molecule has 0 saturated carbocycles. The monoisotopic (exact) mass is 876 g/mol. The van der Waals surface area contributed by atoms with E-state index in [0.717, 1.165) is 0 Å². The highest BCUT2D eigenvalue weighted by Crippen LogP contribution is 2.24. The summed E-state index contributed by atoms with van der Waals surface area (Å²) in [4.78, 5) is 26.2. The van der Waals surface area contributed by atoms with Crippen LogP contribution in [-0.2, 0) is 47.4 Å². The van der Waals surface area contributed by atoms with Crippen LogP contribution in [0.5, 0.6) is 23.0 Å². The summed E-state index contributed by atoms with van der Waals surface area (Å²) in [5, 5.41) is 5.58. The maximum absolute atomic E-state index is 13.1. The fourth-order valence-electron chi connectivity index (χ4n) is 4.79. The number of methoxy groups -OCH3 is 2. The average Bonchev–Trinajstić information content (AvgIpc) is 3.28. The van der Waals surface area contributed by atoms with Crippen LogP contribution in [0, 0.1) is 24.7 Å². The number of carbonyl (C=O) groups excluding carboxylic acids is 2. The Bertz CT molecular complexity index is 1440. The number of ether oxygens (including phenoxy) is 14. The highest BCUT2D eigenvalue weighted by molar-refractivity contribution is 5.96. The molecule has 0 saturated heterocycles. The molecule has 18 nitrogen and oxygen atoms in total. The van der Waals surface area contributed by atoms with E-state index >= 15 is 0 Å². The van der Waals surface area contributed by atoms with Gasteiger partial charge in [-0.1, -0.05) is 11.8 Å². The van der Waals surface area contributed by atoms with Crippen molar-refractivity contribution in [3.8, 4) is 47.7 Å². The van der Waals surface area contributed by atoms with Crippen LogP contribution in [0.25, 0.3) is 0 Å². The molecular formula is C44H64N2O16. The van der Waals surface area contributed by atoms with Crippen molar-refractivity contribution in [2.75, 3.05) is 173 Å². The van der Waals surface area contributed by atoms with Gasteiger partial charge in [-0.05, 0) is 24.3 Å². The van der Waals surface area contributed by atoms with Gasteiger partial charge in [0.25, 0.3) is 11.8 Å². The Balaban J connectivity index is 1.71. The van der Waals surface area contributed by atoms with Gasteiger partial charge < -0.3 is 76.9 Å². The van der Waals surface area contributed by atoms with Gasteiger partial charge in [-0.25, -0.2) is 0 Å². The first-order valence-corrected chi connectivity index (χ1v) is 20.3. The fourth-order valence-corrected chi connectivity index (χ4v) is 4.79. The Morgan fingerprint density at radius 2 is 0.661 bits per heavy atom. The van der Waals surface area contributed by atoms with Gasteiger partial charge in [-0.2, -0.15) is 0 Å². The van der Waals surface area contributed by atoms with Crippen molar-refractivity contribution in [2.24, 2.45) is 0 Å². The molecule has 2 aromatic carbocycles. The Labute approximate surface area is 365 Å². The van der Waals surface area contributed by atoms with E-state index in [4.69, 9.17) is 79.2 Å². The number of amides is 2. The zero-order valence-corrected chi connectivity index (χ0v) is 36.1. The topological polar surface area (TPSA) is 187 Å². The van der Waals surface area contributed by atoms with Crippen molar-refractivity contribution < 1.29 is 75.9 Å². The number of rotatable bonds is 41. The summed E-state index contributed by atoms with van der Waals surface area (Å²) in [6, 6.07) is 9.51. The van der Waals surface area contributed by atoms with Crippen LogP contribution in [0.2, 0.25) is 0 Å². The third kappa shape index (κ3) is 28.0. The molecule has 0 fully saturated rings. The Kier molecular flexibility index (Phi) is 32.8. The second-order valence-corrected chi connectivity index (χ2v) is 12.5. The summed E-state index contributed by atoms with van der Waals surface area (Å²) in [6.07, 6.45) is 10.7. The molecule has 18 heteroatoms. The van der Waals surface area contributed by atoms with Gasteiger partial charge in [0.2, 0.25) is 0 Å². The number of hydrogen-bond donors (Lipinski definition) is 2. The number of nitrogens with one attached hydrogen (secondary N) is 2. The van der Waals surface area contributed by atoms with E-state index in [1.54, 1.807) is 50.6 Å². The summed E-state index contributed by atoms with van der Waals surface area (Å²) in [6.45, 7) is 8.74. The van der Waals surface area contributed by atoms with Gasteiger partial charge in [0.15, 0.2) is 0 Å². The van der Waals surface area contributed by atoms with Gasteiger partial charge in [0, 0.05) is 50.6 Å². The van der Waals surface area contributed by atoms with Crippen LogP contribution in [0.3, 0.4) is 0 Å². The molecule has 0 atom stereocenters. The first kappa shape index (κ1) is 53.4. The zero-order valence-electron chi connectivity index (χ0n) is 36.1. The van der Waals surface area contributed by atoms with E-state index in [-0.39, 0.29) is 63.9 Å². The molecule has 2 N–H and O–H groups in total. The summed E-state index contributed by atoms with van der Waals surface area (Å²) >= 11 is 0. The molecule has 346 valence electrons. The van der Waals surface area contributed by atoms with Gasteiger partial charge in [-0.15, -0.1) is 12.8 Å². The molecule has 0 bridgehead atoms. The number of carbonyl (C=O) groups is 2. The average molecular weight is 877 g/mol. The van der Waals surface area contributed by atoms with Crippen molar-refractivity contribution in [3.05, 3.63) is 47.5 Å². The van der Waals surface area contributed by atoms with Crippen LogP contribution < -0.4 is 29.6 Å². The van der Waals surface area contributed by atoms with E-state index < -0.39 is 11.8 Å². The van der Waals surface area contributed by atoms with Crippen LogP contribution in [-0.4, -0.2) is 184 Å². The Hall–Kier alpha value is -4.70. The summed E-state index contributed by atoms with van der Waals surface area (Å²) in [5.74, 6) is 5.48. The Morgan fingerprint density at radius 1 is 0.403 bits per heavy atom. The van der Waals surface area contributed by atoms with Gasteiger partial charge in [0.1, 0.15) is 49.4 Å². The Morgan fingerprint density at radius 3 is 0.935 bits per heavy atom. The molecule has 0 heterocycles. The van der Waals surface area contributed by atoms with Crippen molar-refractivity contribution in [3.63, 3.8) is 0 Å². The highest BCUT2D eigenvalue weighted by atomic mass is 16.6. The minimum absolute atomic E-state index is 0.00274. The molecule has 0 aliphatic rings. The lowest BCUT2D eigenvalue weighted by Crippen LogP contribution is -2.34. The van der Waals surface area contributed by atoms with E-state index in [9.17, 15) is 9.59 Å². The highest BCUT2D eigenvalue weighted by Gasteiger charge is 2.13. The van der Waals surface area contributed by atoms with Crippen LogP contribution in [0.4, 0.5) is 0 Å². The smallest absolute Gasteiger partial charge is 0.251 e. The predicted molar refractivity (Wildman–Crippen MR) is 228 cm³/mol. The van der Waals surface area contributed by atoms with Crippen LogP contribution in [0.1, 0.15) is 20.7 Å². The van der Waals surface area contributed by atoms with E-state index in [1.807, 2.05) is 0 Å². The summed E-state index contributed by atoms with van der Waals surface area (Å²) in [5.41, 5.74) is 0.549. The molecule has 0 unspecified atom stereocenters. The van der Waals surface area contributed by atoms with E-state index in [1.165, 1.54) is 0 Å². The van der Waals surface area contributed by atoms with E-state index in [2.05, 4.69) is 22.5 Å². The number of hydrogen-bond acceptors (Lipinski definition) is 16. The van der Waals surface area contributed by atoms with Crippen molar-refractivity contribution >= 4 is 11.8 Å². The lowest BCUT2D eigenvalue weighted by Gasteiger charge is -2.13. The molecule has 0 aliphatic carbocycles. The van der Waals surface area contributed by atoms with Crippen molar-refractivity contribution in [2.45, 2.75) is 0 Å². The third-order valence-corrected chi connectivity index (χ3v) is 7.71. The second-order valence-electron chi connectivity index (χ2n) is 12.5. The van der Waals surface area contributed by atoms with Crippen molar-refractivity contribution in [1.82, 2.24) is 10.6 Å². The summed E-state index contributed by atoms with van der Waals surface area (Å²) < 4.78 is 76.3. The summed E-state index contributed by atoms with van der Waals surface area (Å²) in [7, 11) is 3.25. The van der Waals surface area contributed by atoms with Crippen LogP contribution in [0.15, 0.2) is 36.4 Å². The minimum atomic E-state index is -0.412. The lowest BCUT2D eigenvalue weighted by atomic mass is 10.2. The molecular weight excluding hydrogens is 812 g/mol. The molecule has 0 aromatic heterocycles. The second kappa shape index (κ2) is 38.0. The quantitative estimate of drug-likeness (QED) is 0.0730. The first-order chi connectivity index (χ1) is 30.5. The van der Waals surface area contributed by atoms with Crippen LogP contribution >= 0.6 is 0 Å². The minimum Gasteiger partial charge on any atom is -0.491 e. The largest absolute Gasteiger partial charge is 0.491 e. The zero-order chi connectivity index (χ0) is 44.6. The lowest BCUT2D eigenvalue weighted by molar-refractivity contribution is -0.00979. The molecule has 2 aromatic rings. The molecule has 2 rings (SSSR count). The maximum atomic E-state index is 13.1. The first-order valence-electron chi connectivity index (χ1n) is 20.3. The van der Waals surface area contributed by atoms with Gasteiger partial charge in [0.05, 0.1) is 119 Å².